The Morgan fingerprint density at radius 1 is 0.931 bits per heavy atom. The molecular weight excluding hydrogens is 366 g/mol. The highest BCUT2D eigenvalue weighted by molar-refractivity contribution is 5.92. The SMILES string of the molecule is COc1ccc(CCNc2ccc(NC(=O)Cc3ccccc3)cn2)cc1OC. The van der Waals surface area contributed by atoms with Crippen LogP contribution in [-0.4, -0.2) is 31.7 Å². The Morgan fingerprint density at radius 3 is 2.41 bits per heavy atom. The molecule has 3 aromatic rings. The van der Waals surface area contributed by atoms with Crippen LogP contribution in [0.15, 0.2) is 66.9 Å². The monoisotopic (exact) mass is 391 g/mol. The molecular formula is C23H25N3O3. The third-order valence-corrected chi connectivity index (χ3v) is 4.42. The molecule has 0 aliphatic heterocycles. The molecule has 0 unspecified atom stereocenters. The minimum atomic E-state index is -0.0628. The van der Waals surface area contributed by atoms with Gasteiger partial charge in [0.25, 0.3) is 0 Å². The van der Waals surface area contributed by atoms with Gasteiger partial charge < -0.3 is 20.1 Å². The number of methoxy groups -OCH3 is 2. The first-order valence-corrected chi connectivity index (χ1v) is 9.42. The molecule has 0 atom stereocenters. The maximum atomic E-state index is 12.1. The number of aromatic nitrogens is 1. The number of ether oxygens (including phenoxy) is 2. The summed E-state index contributed by atoms with van der Waals surface area (Å²) in [6, 6.07) is 19.2. The van der Waals surface area contributed by atoms with E-state index >= 15 is 0 Å². The summed E-state index contributed by atoms with van der Waals surface area (Å²) < 4.78 is 10.6. The lowest BCUT2D eigenvalue weighted by Gasteiger charge is -2.10. The van der Waals surface area contributed by atoms with Gasteiger partial charge in [0.05, 0.1) is 32.5 Å². The summed E-state index contributed by atoms with van der Waals surface area (Å²) >= 11 is 0. The molecule has 2 N–H and O–H groups in total. The third kappa shape index (κ3) is 5.97. The van der Waals surface area contributed by atoms with Crippen LogP contribution in [0.4, 0.5) is 11.5 Å². The molecule has 0 aliphatic rings. The Balaban J connectivity index is 1.47. The van der Waals surface area contributed by atoms with Crippen molar-refractivity contribution in [1.82, 2.24) is 4.98 Å². The number of anilines is 2. The highest BCUT2D eigenvalue weighted by Crippen LogP contribution is 2.27. The van der Waals surface area contributed by atoms with Gasteiger partial charge >= 0.3 is 0 Å². The van der Waals surface area contributed by atoms with Gasteiger partial charge in [-0.2, -0.15) is 0 Å². The molecule has 1 aromatic heterocycles. The van der Waals surface area contributed by atoms with E-state index < -0.39 is 0 Å². The Kier molecular flexibility index (Phi) is 7.05. The van der Waals surface area contributed by atoms with Gasteiger partial charge in [0, 0.05) is 6.54 Å². The molecule has 0 bridgehead atoms. The normalized spacial score (nSPS) is 10.3. The minimum Gasteiger partial charge on any atom is -0.493 e. The van der Waals surface area contributed by atoms with Crippen LogP contribution in [0.1, 0.15) is 11.1 Å². The van der Waals surface area contributed by atoms with Gasteiger partial charge in [-0.05, 0) is 41.8 Å². The average molecular weight is 391 g/mol. The van der Waals surface area contributed by atoms with Gasteiger partial charge in [-0.15, -0.1) is 0 Å². The molecule has 6 heteroatoms. The fraction of sp³-hybridized carbons (Fsp3) is 0.217. The lowest BCUT2D eigenvalue weighted by molar-refractivity contribution is -0.115. The number of hydrogen-bond donors (Lipinski definition) is 2. The van der Waals surface area contributed by atoms with E-state index in [1.807, 2.05) is 60.7 Å². The van der Waals surface area contributed by atoms with Crippen molar-refractivity contribution >= 4 is 17.4 Å². The van der Waals surface area contributed by atoms with Crippen LogP contribution in [0.5, 0.6) is 11.5 Å². The quantitative estimate of drug-likeness (QED) is 0.578. The molecule has 0 spiro atoms. The van der Waals surface area contributed by atoms with E-state index in [1.165, 1.54) is 0 Å². The van der Waals surface area contributed by atoms with Crippen molar-refractivity contribution in [2.24, 2.45) is 0 Å². The van der Waals surface area contributed by atoms with Crippen molar-refractivity contribution in [2.75, 3.05) is 31.4 Å². The Morgan fingerprint density at radius 2 is 1.72 bits per heavy atom. The molecule has 2 aromatic carbocycles. The molecule has 0 fully saturated rings. The standard InChI is InChI=1S/C23H25N3O3/c1-28-20-10-8-18(14-21(20)29-2)12-13-24-22-11-9-19(16-25-22)26-23(27)15-17-6-4-3-5-7-17/h3-11,14,16H,12-13,15H2,1-2H3,(H,24,25)(H,26,27). The van der Waals surface area contributed by atoms with Crippen molar-refractivity contribution < 1.29 is 14.3 Å². The predicted octanol–water partition coefficient (Wildman–Crippen LogP) is 3.93. The maximum Gasteiger partial charge on any atom is 0.228 e. The van der Waals surface area contributed by atoms with Crippen molar-refractivity contribution in [3.63, 3.8) is 0 Å². The zero-order valence-electron chi connectivity index (χ0n) is 16.6. The smallest absolute Gasteiger partial charge is 0.228 e. The van der Waals surface area contributed by atoms with Gasteiger partial charge in [0.15, 0.2) is 11.5 Å². The maximum absolute atomic E-state index is 12.1. The minimum absolute atomic E-state index is 0.0628. The number of benzene rings is 2. The average Bonchev–Trinajstić information content (AvgIpc) is 2.75. The fourth-order valence-corrected chi connectivity index (χ4v) is 2.93. The van der Waals surface area contributed by atoms with Crippen LogP contribution in [0, 0.1) is 0 Å². The summed E-state index contributed by atoms with van der Waals surface area (Å²) in [6.07, 6.45) is 2.81. The lowest BCUT2D eigenvalue weighted by Crippen LogP contribution is -2.14. The molecule has 3 rings (SSSR count). The summed E-state index contributed by atoms with van der Waals surface area (Å²) in [5.41, 5.74) is 2.79. The van der Waals surface area contributed by atoms with E-state index in [1.54, 1.807) is 20.4 Å². The largest absolute Gasteiger partial charge is 0.493 e. The Hall–Kier alpha value is -3.54. The number of amides is 1. The summed E-state index contributed by atoms with van der Waals surface area (Å²) in [7, 11) is 3.25. The first-order valence-electron chi connectivity index (χ1n) is 9.42. The van der Waals surface area contributed by atoms with E-state index in [0.717, 1.165) is 41.4 Å². The van der Waals surface area contributed by atoms with Crippen LogP contribution < -0.4 is 20.1 Å². The topological polar surface area (TPSA) is 72.5 Å². The number of carbonyl (C=O) groups is 1. The molecule has 29 heavy (non-hydrogen) atoms. The van der Waals surface area contributed by atoms with Crippen LogP contribution in [0.3, 0.4) is 0 Å². The Bertz CT molecular complexity index is 928. The molecule has 0 saturated carbocycles. The van der Waals surface area contributed by atoms with Crippen molar-refractivity contribution in [2.45, 2.75) is 12.8 Å². The van der Waals surface area contributed by atoms with Gasteiger partial charge in [-0.25, -0.2) is 4.98 Å². The third-order valence-electron chi connectivity index (χ3n) is 4.42. The molecule has 0 radical (unpaired) electrons. The fourth-order valence-electron chi connectivity index (χ4n) is 2.93. The molecule has 150 valence electrons. The highest BCUT2D eigenvalue weighted by atomic mass is 16.5. The number of pyridine rings is 1. The molecule has 1 amide bonds. The van der Waals surface area contributed by atoms with E-state index in [9.17, 15) is 4.79 Å². The summed E-state index contributed by atoms with van der Waals surface area (Å²) in [6.45, 7) is 0.724. The summed E-state index contributed by atoms with van der Waals surface area (Å²) in [5, 5.41) is 6.15. The number of nitrogens with one attached hydrogen (secondary N) is 2. The van der Waals surface area contributed by atoms with Gasteiger partial charge in [0.2, 0.25) is 5.91 Å². The molecule has 6 nitrogen and oxygen atoms in total. The van der Waals surface area contributed by atoms with Crippen molar-refractivity contribution in [3.05, 3.63) is 78.0 Å². The predicted molar refractivity (Wildman–Crippen MR) is 115 cm³/mol. The van der Waals surface area contributed by atoms with Crippen LogP contribution >= 0.6 is 0 Å². The molecule has 0 aliphatic carbocycles. The van der Waals surface area contributed by atoms with Crippen molar-refractivity contribution in [3.8, 4) is 11.5 Å². The van der Waals surface area contributed by atoms with Gasteiger partial charge in [-0.1, -0.05) is 36.4 Å². The van der Waals surface area contributed by atoms with E-state index in [-0.39, 0.29) is 5.91 Å². The Labute approximate surface area is 170 Å². The van der Waals surface area contributed by atoms with E-state index in [4.69, 9.17) is 9.47 Å². The first-order chi connectivity index (χ1) is 14.2. The van der Waals surface area contributed by atoms with E-state index in [2.05, 4.69) is 15.6 Å². The number of hydrogen-bond acceptors (Lipinski definition) is 5. The van der Waals surface area contributed by atoms with Crippen LogP contribution in [-0.2, 0) is 17.6 Å². The van der Waals surface area contributed by atoms with Crippen LogP contribution in [0.2, 0.25) is 0 Å². The number of carbonyl (C=O) groups excluding carboxylic acids is 1. The summed E-state index contributed by atoms with van der Waals surface area (Å²) in [4.78, 5) is 16.5. The van der Waals surface area contributed by atoms with E-state index in [0.29, 0.717) is 12.1 Å². The first kappa shape index (κ1) is 20.2. The molecule has 0 saturated heterocycles. The van der Waals surface area contributed by atoms with Gasteiger partial charge in [0.1, 0.15) is 5.82 Å². The van der Waals surface area contributed by atoms with Crippen LogP contribution in [0.25, 0.3) is 0 Å². The number of rotatable bonds is 9. The zero-order valence-corrected chi connectivity index (χ0v) is 16.6. The van der Waals surface area contributed by atoms with Gasteiger partial charge in [-0.3, -0.25) is 4.79 Å². The lowest BCUT2D eigenvalue weighted by atomic mass is 10.1. The summed E-state index contributed by atoms with van der Waals surface area (Å²) in [5.74, 6) is 2.13. The second-order valence-electron chi connectivity index (χ2n) is 6.51. The van der Waals surface area contributed by atoms with Crippen molar-refractivity contribution in [1.29, 1.82) is 0 Å². The number of nitrogens with zero attached hydrogens (tertiary/aromatic N) is 1. The second-order valence-corrected chi connectivity index (χ2v) is 6.51. The second kappa shape index (κ2) is 10.1. The molecule has 1 heterocycles. The zero-order chi connectivity index (χ0) is 20.5. The highest BCUT2D eigenvalue weighted by Gasteiger charge is 2.06.